The number of benzene rings is 1. The zero-order valence-electron chi connectivity index (χ0n) is 17.1. The minimum atomic E-state index is -0.729. The highest BCUT2D eigenvalue weighted by Gasteiger charge is 2.25. The first-order valence-electron chi connectivity index (χ1n) is 9.59. The van der Waals surface area contributed by atoms with E-state index in [0.717, 1.165) is 0 Å². The number of aromatic amines is 1. The maximum Gasteiger partial charge on any atom is 0.355 e. The van der Waals surface area contributed by atoms with Crippen LogP contribution in [-0.2, 0) is 14.3 Å². The molecule has 1 aliphatic heterocycles. The Morgan fingerprint density at radius 2 is 1.87 bits per heavy atom. The summed E-state index contributed by atoms with van der Waals surface area (Å²) in [6.07, 6.45) is -0.347. The van der Waals surface area contributed by atoms with Gasteiger partial charge in [-0.2, -0.15) is 0 Å². The number of aromatic nitrogens is 1. The SMILES string of the molecule is CCOC(=O)c1c(C)[nH]c(C(=O)OCC(=O)NC[C@H]2COc3ccccc3O2)c1C. The van der Waals surface area contributed by atoms with Gasteiger partial charge >= 0.3 is 11.9 Å². The van der Waals surface area contributed by atoms with Crippen LogP contribution < -0.4 is 14.8 Å². The summed E-state index contributed by atoms with van der Waals surface area (Å²) in [5, 5.41) is 2.65. The first-order chi connectivity index (χ1) is 14.4. The smallest absolute Gasteiger partial charge is 0.355 e. The molecule has 0 radical (unpaired) electrons. The van der Waals surface area contributed by atoms with Gasteiger partial charge in [0.15, 0.2) is 18.1 Å². The predicted molar refractivity (Wildman–Crippen MR) is 106 cm³/mol. The summed E-state index contributed by atoms with van der Waals surface area (Å²) in [5.41, 5.74) is 1.33. The third kappa shape index (κ3) is 4.73. The summed E-state index contributed by atoms with van der Waals surface area (Å²) in [4.78, 5) is 39.2. The van der Waals surface area contributed by atoms with Crippen molar-refractivity contribution in [1.82, 2.24) is 10.3 Å². The van der Waals surface area contributed by atoms with Crippen molar-refractivity contribution in [1.29, 1.82) is 0 Å². The van der Waals surface area contributed by atoms with Crippen molar-refractivity contribution in [2.45, 2.75) is 26.9 Å². The molecule has 0 saturated carbocycles. The van der Waals surface area contributed by atoms with E-state index in [1.807, 2.05) is 12.1 Å². The van der Waals surface area contributed by atoms with E-state index in [-0.39, 0.29) is 24.9 Å². The van der Waals surface area contributed by atoms with E-state index < -0.39 is 24.5 Å². The number of amides is 1. The zero-order valence-corrected chi connectivity index (χ0v) is 17.1. The van der Waals surface area contributed by atoms with Crippen molar-refractivity contribution in [3.63, 3.8) is 0 Å². The van der Waals surface area contributed by atoms with Crippen LogP contribution in [0.4, 0.5) is 0 Å². The lowest BCUT2D eigenvalue weighted by Crippen LogP contribution is -2.42. The summed E-state index contributed by atoms with van der Waals surface area (Å²) >= 11 is 0. The van der Waals surface area contributed by atoms with Gasteiger partial charge in [-0.15, -0.1) is 0 Å². The van der Waals surface area contributed by atoms with Gasteiger partial charge in [0.25, 0.3) is 5.91 Å². The van der Waals surface area contributed by atoms with E-state index >= 15 is 0 Å². The number of carbonyl (C=O) groups excluding carboxylic acids is 3. The Balaban J connectivity index is 1.49. The molecule has 3 rings (SSSR count). The number of carbonyl (C=O) groups is 3. The maximum atomic E-state index is 12.3. The van der Waals surface area contributed by atoms with E-state index in [0.29, 0.717) is 34.9 Å². The van der Waals surface area contributed by atoms with Gasteiger partial charge in [0.2, 0.25) is 0 Å². The van der Waals surface area contributed by atoms with Crippen molar-refractivity contribution < 1.29 is 33.3 Å². The second kappa shape index (κ2) is 9.34. The molecule has 9 nitrogen and oxygen atoms in total. The Labute approximate surface area is 173 Å². The van der Waals surface area contributed by atoms with Crippen LogP contribution in [0.25, 0.3) is 0 Å². The molecule has 160 valence electrons. The van der Waals surface area contributed by atoms with Crippen LogP contribution in [0.2, 0.25) is 0 Å². The summed E-state index contributed by atoms with van der Waals surface area (Å²) in [7, 11) is 0. The summed E-state index contributed by atoms with van der Waals surface area (Å²) in [6, 6.07) is 7.28. The molecule has 0 bridgehead atoms. The van der Waals surface area contributed by atoms with Crippen LogP contribution in [0.3, 0.4) is 0 Å². The summed E-state index contributed by atoms with van der Waals surface area (Å²) < 4.78 is 21.4. The number of para-hydroxylation sites is 2. The van der Waals surface area contributed by atoms with Crippen LogP contribution in [-0.4, -0.2) is 55.3 Å². The van der Waals surface area contributed by atoms with E-state index in [2.05, 4.69) is 10.3 Å². The molecule has 1 amide bonds. The minimum absolute atomic E-state index is 0.115. The maximum absolute atomic E-state index is 12.3. The predicted octanol–water partition coefficient (Wildman–Crippen LogP) is 1.92. The van der Waals surface area contributed by atoms with Gasteiger partial charge < -0.3 is 29.2 Å². The van der Waals surface area contributed by atoms with Crippen LogP contribution in [0.5, 0.6) is 11.5 Å². The van der Waals surface area contributed by atoms with Gasteiger partial charge in [0, 0.05) is 5.69 Å². The fourth-order valence-electron chi connectivity index (χ4n) is 3.11. The molecule has 2 aromatic rings. The average Bonchev–Trinajstić information content (AvgIpc) is 3.04. The van der Waals surface area contributed by atoms with Crippen LogP contribution >= 0.6 is 0 Å². The molecule has 1 aliphatic rings. The Morgan fingerprint density at radius 1 is 1.13 bits per heavy atom. The highest BCUT2D eigenvalue weighted by Crippen LogP contribution is 2.30. The molecule has 0 fully saturated rings. The lowest BCUT2D eigenvalue weighted by molar-refractivity contribution is -0.124. The number of ether oxygens (including phenoxy) is 4. The average molecular weight is 416 g/mol. The lowest BCUT2D eigenvalue weighted by atomic mass is 10.1. The molecule has 1 atom stereocenters. The van der Waals surface area contributed by atoms with Gasteiger partial charge in [-0.05, 0) is 38.5 Å². The molecule has 0 aliphatic carbocycles. The highest BCUT2D eigenvalue weighted by atomic mass is 16.6. The number of hydrogen-bond donors (Lipinski definition) is 2. The lowest BCUT2D eigenvalue weighted by Gasteiger charge is -2.26. The van der Waals surface area contributed by atoms with Crippen molar-refractivity contribution in [2.75, 3.05) is 26.4 Å². The van der Waals surface area contributed by atoms with Gasteiger partial charge in [-0.1, -0.05) is 12.1 Å². The normalized spacial score (nSPS) is 14.7. The van der Waals surface area contributed by atoms with E-state index in [4.69, 9.17) is 18.9 Å². The molecule has 1 aromatic heterocycles. The Bertz CT molecular complexity index is 951. The van der Waals surface area contributed by atoms with E-state index in [1.165, 1.54) is 0 Å². The summed E-state index contributed by atoms with van der Waals surface area (Å²) in [6.45, 7) is 5.25. The van der Waals surface area contributed by atoms with Gasteiger partial charge in [0.1, 0.15) is 18.4 Å². The quantitative estimate of drug-likeness (QED) is 0.663. The number of nitrogens with one attached hydrogen (secondary N) is 2. The number of rotatable bonds is 7. The van der Waals surface area contributed by atoms with Crippen LogP contribution in [0.15, 0.2) is 24.3 Å². The first kappa shape index (κ1) is 21.2. The largest absolute Gasteiger partial charge is 0.486 e. The molecule has 2 heterocycles. The molecular formula is C21H24N2O7. The first-order valence-corrected chi connectivity index (χ1v) is 9.59. The fourth-order valence-corrected chi connectivity index (χ4v) is 3.11. The van der Waals surface area contributed by atoms with Crippen molar-refractivity contribution >= 4 is 17.8 Å². The molecule has 0 spiro atoms. The molecule has 2 N–H and O–H groups in total. The van der Waals surface area contributed by atoms with Crippen molar-refractivity contribution in [3.05, 3.63) is 46.8 Å². The summed E-state index contributed by atoms with van der Waals surface area (Å²) in [5.74, 6) is -0.445. The number of H-pyrrole nitrogens is 1. The third-order valence-electron chi connectivity index (χ3n) is 4.55. The number of esters is 2. The fraction of sp³-hybridized carbons (Fsp3) is 0.381. The monoisotopic (exact) mass is 416 g/mol. The van der Waals surface area contributed by atoms with Gasteiger partial charge in [-0.25, -0.2) is 9.59 Å². The second-order valence-corrected chi connectivity index (χ2v) is 6.72. The van der Waals surface area contributed by atoms with E-state index in [1.54, 1.807) is 32.9 Å². The molecule has 0 saturated heterocycles. The van der Waals surface area contributed by atoms with Gasteiger partial charge in [0.05, 0.1) is 18.7 Å². The molecule has 0 unspecified atom stereocenters. The topological polar surface area (TPSA) is 116 Å². The number of aryl methyl sites for hydroxylation is 1. The van der Waals surface area contributed by atoms with Crippen molar-refractivity contribution in [2.24, 2.45) is 0 Å². The van der Waals surface area contributed by atoms with Crippen LogP contribution in [0, 0.1) is 13.8 Å². The molecule has 1 aromatic carbocycles. The zero-order chi connectivity index (χ0) is 21.7. The molecule has 30 heavy (non-hydrogen) atoms. The van der Waals surface area contributed by atoms with Gasteiger partial charge in [-0.3, -0.25) is 4.79 Å². The molecule has 9 heteroatoms. The Kier molecular flexibility index (Phi) is 6.61. The van der Waals surface area contributed by atoms with Crippen LogP contribution in [0.1, 0.15) is 39.0 Å². The third-order valence-corrected chi connectivity index (χ3v) is 4.55. The van der Waals surface area contributed by atoms with Crippen molar-refractivity contribution in [3.8, 4) is 11.5 Å². The Morgan fingerprint density at radius 3 is 2.60 bits per heavy atom. The minimum Gasteiger partial charge on any atom is -0.486 e. The second-order valence-electron chi connectivity index (χ2n) is 6.72. The molecular weight excluding hydrogens is 392 g/mol. The number of hydrogen-bond acceptors (Lipinski definition) is 7. The highest BCUT2D eigenvalue weighted by molar-refractivity contribution is 5.99. The standard InChI is InChI=1S/C21H24N2O7/c1-4-27-20(25)18-12(2)19(23-13(18)3)21(26)29-11-17(24)22-9-14-10-28-15-7-5-6-8-16(15)30-14/h5-8,14,23H,4,9-11H2,1-3H3,(H,22,24)/t14-/m0/s1. The van der Waals surface area contributed by atoms with E-state index in [9.17, 15) is 14.4 Å². The number of fused-ring (bicyclic) bond motifs is 1. The Hall–Kier alpha value is -3.49.